The maximum Gasteiger partial charge on any atom is 0.122 e. The van der Waals surface area contributed by atoms with Gasteiger partial charge in [0.1, 0.15) is 5.84 Å². The van der Waals surface area contributed by atoms with Crippen molar-refractivity contribution in [2.24, 2.45) is 5.73 Å². The quantitative estimate of drug-likeness (QED) is 0.580. The largest absolute Gasteiger partial charge is 0.384 e. The molecule has 0 amide bonds. The fraction of sp³-hybridized carbons (Fsp3) is 0.0714. The highest BCUT2D eigenvalue weighted by Gasteiger charge is 2.01. The second-order valence-electron chi connectivity index (χ2n) is 3.77. The molecule has 0 atom stereocenters. The minimum Gasteiger partial charge on any atom is -0.384 e. The monoisotopic (exact) mass is 209 g/mol. The summed E-state index contributed by atoms with van der Waals surface area (Å²) in [5.41, 5.74) is 9.47. The van der Waals surface area contributed by atoms with Crippen LogP contribution in [0.5, 0.6) is 0 Å². The SMILES string of the molecule is Cc1cccc(-c2[c]ccc(C(=N)N)c2)c1. The average molecular weight is 209 g/mol. The Labute approximate surface area is 95.2 Å². The van der Waals surface area contributed by atoms with Gasteiger partial charge in [-0.25, -0.2) is 0 Å². The van der Waals surface area contributed by atoms with Crippen molar-refractivity contribution in [3.63, 3.8) is 0 Å². The van der Waals surface area contributed by atoms with Gasteiger partial charge in [-0.2, -0.15) is 0 Å². The van der Waals surface area contributed by atoms with Gasteiger partial charge in [0.2, 0.25) is 0 Å². The third kappa shape index (κ3) is 2.11. The molecule has 0 spiro atoms. The molecule has 0 aromatic heterocycles. The minimum absolute atomic E-state index is 0.0860. The van der Waals surface area contributed by atoms with Crippen molar-refractivity contribution in [1.82, 2.24) is 0 Å². The van der Waals surface area contributed by atoms with Gasteiger partial charge >= 0.3 is 0 Å². The van der Waals surface area contributed by atoms with Crippen LogP contribution in [-0.4, -0.2) is 5.84 Å². The fourth-order valence-corrected chi connectivity index (χ4v) is 1.61. The minimum atomic E-state index is 0.0860. The third-order valence-electron chi connectivity index (χ3n) is 2.44. The van der Waals surface area contributed by atoms with E-state index in [0.29, 0.717) is 0 Å². The van der Waals surface area contributed by atoms with Crippen LogP contribution in [0.15, 0.2) is 42.5 Å². The predicted molar refractivity (Wildman–Crippen MR) is 66.5 cm³/mol. The number of nitrogen functional groups attached to an aromatic ring is 1. The molecule has 0 aliphatic heterocycles. The molecular formula is C14H13N2. The van der Waals surface area contributed by atoms with Gasteiger partial charge in [-0.3, -0.25) is 5.41 Å². The summed E-state index contributed by atoms with van der Waals surface area (Å²) in [6, 6.07) is 16.8. The van der Waals surface area contributed by atoms with Crippen LogP contribution < -0.4 is 5.73 Å². The molecule has 0 aliphatic carbocycles. The van der Waals surface area contributed by atoms with Crippen LogP contribution in [0.2, 0.25) is 0 Å². The van der Waals surface area contributed by atoms with Crippen LogP contribution in [0, 0.1) is 18.4 Å². The van der Waals surface area contributed by atoms with E-state index in [1.165, 1.54) is 5.56 Å². The maximum absolute atomic E-state index is 7.40. The summed E-state index contributed by atoms with van der Waals surface area (Å²) in [7, 11) is 0. The van der Waals surface area contributed by atoms with E-state index in [2.05, 4.69) is 25.1 Å². The third-order valence-corrected chi connectivity index (χ3v) is 2.44. The Bertz CT molecular complexity index is 530. The summed E-state index contributed by atoms with van der Waals surface area (Å²) < 4.78 is 0. The lowest BCUT2D eigenvalue weighted by Crippen LogP contribution is -2.10. The Morgan fingerprint density at radius 3 is 2.75 bits per heavy atom. The number of rotatable bonds is 2. The van der Waals surface area contributed by atoms with Crippen LogP contribution in [0.3, 0.4) is 0 Å². The lowest BCUT2D eigenvalue weighted by Gasteiger charge is -2.04. The van der Waals surface area contributed by atoms with Crippen molar-refractivity contribution in [2.75, 3.05) is 0 Å². The van der Waals surface area contributed by atoms with Crippen molar-refractivity contribution in [3.05, 3.63) is 59.7 Å². The molecule has 0 saturated heterocycles. The molecule has 0 bridgehead atoms. The number of aryl methyl sites for hydroxylation is 1. The number of benzene rings is 2. The molecule has 2 aromatic rings. The molecule has 1 radical (unpaired) electrons. The summed E-state index contributed by atoms with van der Waals surface area (Å²) >= 11 is 0. The molecule has 2 aromatic carbocycles. The van der Waals surface area contributed by atoms with E-state index >= 15 is 0 Å². The molecule has 3 N–H and O–H groups in total. The van der Waals surface area contributed by atoms with E-state index in [4.69, 9.17) is 11.1 Å². The van der Waals surface area contributed by atoms with Crippen molar-refractivity contribution in [1.29, 1.82) is 5.41 Å². The second kappa shape index (κ2) is 4.19. The van der Waals surface area contributed by atoms with Gasteiger partial charge in [-0.1, -0.05) is 42.0 Å². The number of nitrogens with two attached hydrogens (primary N) is 1. The normalized spacial score (nSPS) is 10.1. The molecule has 2 nitrogen and oxygen atoms in total. The van der Waals surface area contributed by atoms with Crippen LogP contribution >= 0.6 is 0 Å². The standard InChI is InChI=1S/C14H13N2/c1-10-4-2-5-11(8-10)12-6-3-7-13(9-12)14(15)16/h2-5,7-9H,1H3,(H3,15,16). The van der Waals surface area contributed by atoms with E-state index in [-0.39, 0.29) is 5.84 Å². The topological polar surface area (TPSA) is 49.9 Å². The average Bonchev–Trinajstić information content (AvgIpc) is 2.29. The van der Waals surface area contributed by atoms with Crippen molar-refractivity contribution < 1.29 is 0 Å². The van der Waals surface area contributed by atoms with Gasteiger partial charge in [-0.15, -0.1) is 0 Å². The summed E-state index contributed by atoms with van der Waals surface area (Å²) in [6.07, 6.45) is 0. The van der Waals surface area contributed by atoms with E-state index in [9.17, 15) is 0 Å². The Morgan fingerprint density at radius 1 is 1.25 bits per heavy atom. The molecule has 0 unspecified atom stereocenters. The van der Waals surface area contributed by atoms with Crippen LogP contribution in [0.25, 0.3) is 11.1 Å². The highest BCUT2D eigenvalue weighted by molar-refractivity contribution is 5.96. The molecular weight excluding hydrogens is 196 g/mol. The molecule has 0 saturated carbocycles. The Balaban J connectivity index is 2.48. The summed E-state index contributed by atoms with van der Waals surface area (Å²) in [6.45, 7) is 2.05. The lowest BCUT2D eigenvalue weighted by atomic mass is 10.0. The summed E-state index contributed by atoms with van der Waals surface area (Å²) in [4.78, 5) is 0. The zero-order valence-electron chi connectivity index (χ0n) is 9.12. The molecule has 16 heavy (non-hydrogen) atoms. The van der Waals surface area contributed by atoms with Crippen molar-refractivity contribution in [2.45, 2.75) is 6.92 Å². The van der Waals surface area contributed by atoms with Gasteiger partial charge in [-0.05, 0) is 30.2 Å². The van der Waals surface area contributed by atoms with Crippen LogP contribution in [0.1, 0.15) is 11.1 Å². The summed E-state index contributed by atoms with van der Waals surface area (Å²) in [5, 5.41) is 7.40. The number of hydrogen-bond acceptors (Lipinski definition) is 1. The Kier molecular flexibility index (Phi) is 2.73. The predicted octanol–water partition coefficient (Wildman–Crippen LogP) is 2.75. The first-order chi connectivity index (χ1) is 7.66. The second-order valence-corrected chi connectivity index (χ2v) is 3.77. The first-order valence-corrected chi connectivity index (χ1v) is 5.10. The van der Waals surface area contributed by atoms with Gasteiger partial charge < -0.3 is 5.73 Å². The highest BCUT2D eigenvalue weighted by Crippen LogP contribution is 2.20. The molecule has 0 heterocycles. The lowest BCUT2D eigenvalue weighted by molar-refractivity contribution is 1.42. The smallest absolute Gasteiger partial charge is 0.122 e. The van der Waals surface area contributed by atoms with Gasteiger partial charge in [0, 0.05) is 5.56 Å². The van der Waals surface area contributed by atoms with Gasteiger partial charge in [0.25, 0.3) is 0 Å². The number of amidine groups is 1. The molecule has 2 rings (SSSR count). The Hall–Kier alpha value is -2.09. The number of hydrogen-bond donors (Lipinski definition) is 2. The van der Waals surface area contributed by atoms with Crippen molar-refractivity contribution in [3.8, 4) is 11.1 Å². The molecule has 0 aliphatic rings. The van der Waals surface area contributed by atoms with E-state index < -0.39 is 0 Å². The summed E-state index contributed by atoms with van der Waals surface area (Å²) in [5.74, 6) is 0.0860. The molecule has 79 valence electrons. The Morgan fingerprint density at radius 2 is 2.06 bits per heavy atom. The highest BCUT2D eigenvalue weighted by atomic mass is 14.7. The van der Waals surface area contributed by atoms with Crippen LogP contribution in [-0.2, 0) is 0 Å². The maximum atomic E-state index is 7.40. The van der Waals surface area contributed by atoms with E-state index in [1.54, 1.807) is 12.1 Å². The first kappa shape index (κ1) is 10.4. The number of nitrogens with one attached hydrogen (secondary N) is 1. The van der Waals surface area contributed by atoms with E-state index in [0.717, 1.165) is 16.7 Å². The zero-order chi connectivity index (χ0) is 11.5. The molecule has 0 fully saturated rings. The fourth-order valence-electron chi connectivity index (χ4n) is 1.61. The van der Waals surface area contributed by atoms with Crippen molar-refractivity contribution >= 4 is 5.84 Å². The van der Waals surface area contributed by atoms with Gasteiger partial charge in [0.15, 0.2) is 0 Å². The first-order valence-electron chi connectivity index (χ1n) is 5.10. The zero-order valence-corrected chi connectivity index (χ0v) is 9.12. The molecule has 2 heteroatoms. The van der Waals surface area contributed by atoms with E-state index in [1.807, 2.05) is 18.2 Å². The van der Waals surface area contributed by atoms with Crippen LogP contribution in [0.4, 0.5) is 0 Å². The van der Waals surface area contributed by atoms with Gasteiger partial charge in [0.05, 0.1) is 0 Å².